The highest BCUT2D eigenvalue weighted by atomic mass is 16.2. The van der Waals surface area contributed by atoms with Crippen molar-refractivity contribution in [3.8, 4) is 0 Å². The average molecular weight is 204 g/mol. The number of nitrogens with two attached hydrogens (primary N) is 1. The molecule has 0 saturated heterocycles. The summed E-state index contributed by atoms with van der Waals surface area (Å²) in [6, 6.07) is 6.33. The Balaban J connectivity index is 2.57. The van der Waals surface area contributed by atoms with E-state index in [2.05, 4.69) is 0 Å². The maximum absolute atomic E-state index is 11.7. The summed E-state index contributed by atoms with van der Waals surface area (Å²) in [5.74, 6) is -0.288. The number of amides is 1. The molecule has 2 N–H and O–H groups in total. The lowest BCUT2D eigenvalue weighted by molar-refractivity contribution is -0.119. The number of likely N-dealkylation sites (N-methyl/N-ethyl adjacent to an activating group) is 1. The summed E-state index contributed by atoms with van der Waals surface area (Å²) < 4.78 is 0. The van der Waals surface area contributed by atoms with E-state index in [1.165, 1.54) is 4.90 Å². The zero-order valence-electron chi connectivity index (χ0n) is 8.43. The molecule has 0 fully saturated rings. The largest absolute Gasteiger partial charge is 0.320 e. The predicted octanol–water partition coefficient (Wildman–Crippen LogP) is 0.563. The molecule has 4 nitrogen and oxygen atoms in total. The van der Waals surface area contributed by atoms with Crippen LogP contribution < -0.4 is 10.6 Å². The standard InChI is InChI=1S/C11H12N2O2/c1-13-9-5-3-2-4-7(9)10(14)6-8(12)11(13)15/h2-5,8H,6,12H2,1H3. The number of Topliss-reactive ketones (excluding diaryl/α,β-unsaturated/α-hetero) is 1. The zero-order valence-corrected chi connectivity index (χ0v) is 8.43. The SMILES string of the molecule is CN1C(=O)C(N)CC(=O)c2ccccc21. The van der Waals surface area contributed by atoms with Crippen molar-refractivity contribution < 1.29 is 9.59 Å². The molecule has 15 heavy (non-hydrogen) atoms. The molecule has 1 aliphatic rings. The molecular formula is C11H12N2O2. The number of nitrogens with zero attached hydrogens (tertiary/aromatic N) is 1. The lowest BCUT2D eigenvalue weighted by Crippen LogP contribution is -2.41. The second kappa shape index (κ2) is 3.47. The summed E-state index contributed by atoms with van der Waals surface area (Å²) in [6.07, 6.45) is 0.0835. The van der Waals surface area contributed by atoms with Crippen molar-refractivity contribution in [1.29, 1.82) is 0 Å². The fourth-order valence-electron chi connectivity index (χ4n) is 1.77. The van der Waals surface area contributed by atoms with Gasteiger partial charge < -0.3 is 10.6 Å². The summed E-state index contributed by atoms with van der Waals surface area (Å²) in [7, 11) is 1.64. The number of ketones is 1. The second-order valence-electron chi connectivity index (χ2n) is 3.65. The first-order chi connectivity index (χ1) is 7.11. The Kier molecular flexibility index (Phi) is 2.28. The first-order valence-corrected chi connectivity index (χ1v) is 4.76. The average Bonchev–Trinajstić information content (AvgIpc) is 2.33. The number of fused-ring (bicyclic) bond motifs is 1. The molecule has 1 heterocycles. The van der Waals surface area contributed by atoms with Crippen LogP contribution in [0.1, 0.15) is 16.8 Å². The van der Waals surface area contributed by atoms with Crippen molar-refractivity contribution in [2.24, 2.45) is 5.73 Å². The molecule has 0 radical (unpaired) electrons. The Morgan fingerprint density at radius 2 is 2.00 bits per heavy atom. The fraction of sp³-hybridized carbons (Fsp3) is 0.273. The van der Waals surface area contributed by atoms with Crippen molar-refractivity contribution in [3.05, 3.63) is 29.8 Å². The summed E-state index contributed by atoms with van der Waals surface area (Å²) in [5.41, 5.74) is 6.84. The Hall–Kier alpha value is -1.68. The van der Waals surface area contributed by atoms with E-state index >= 15 is 0 Å². The van der Waals surface area contributed by atoms with Gasteiger partial charge in [-0.25, -0.2) is 0 Å². The van der Waals surface area contributed by atoms with Crippen molar-refractivity contribution in [3.63, 3.8) is 0 Å². The first kappa shape index (κ1) is 9.86. The monoisotopic (exact) mass is 204 g/mol. The number of carbonyl (C=O) groups excluding carboxylic acids is 2. The molecule has 1 atom stereocenters. The van der Waals surface area contributed by atoms with Gasteiger partial charge in [-0.2, -0.15) is 0 Å². The fourth-order valence-corrected chi connectivity index (χ4v) is 1.77. The quantitative estimate of drug-likeness (QED) is 0.671. The first-order valence-electron chi connectivity index (χ1n) is 4.76. The zero-order chi connectivity index (χ0) is 11.0. The van der Waals surface area contributed by atoms with Gasteiger partial charge in [-0.1, -0.05) is 12.1 Å². The second-order valence-corrected chi connectivity index (χ2v) is 3.65. The molecule has 0 aliphatic carbocycles. The van der Waals surface area contributed by atoms with Gasteiger partial charge in [0.25, 0.3) is 0 Å². The topological polar surface area (TPSA) is 63.4 Å². The Morgan fingerprint density at radius 3 is 2.73 bits per heavy atom. The maximum atomic E-state index is 11.7. The van der Waals surface area contributed by atoms with Crippen LogP contribution >= 0.6 is 0 Å². The summed E-state index contributed by atoms with van der Waals surface area (Å²) in [5, 5.41) is 0. The van der Waals surface area contributed by atoms with Crippen LogP contribution in [0.3, 0.4) is 0 Å². The van der Waals surface area contributed by atoms with E-state index in [9.17, 15) is 9.59 Å². The molecule has 78 valence electrons. The predicted molar refractivity (Wildman–Crippen MR) is 56.8 cm³/mol. The minimum atomic E-state index is -0.727. The molecule has 1 unspecified atom stereocenters. The van der Waals surface area contributed by atoms with Gasteiger partial charge in [0.1, 0.15) is 0 Å². The minimum absolute atomic E-state index is 0.0733. The third-order valence-corrected chi connectivity index (χ3v) is 2.62. The minimum Gasteiger partial charge on any atom is -0.320 e. The van der Waals surface area contributed by atoms with Gasteiger partial charge in [0.15, 0.2) is 5.78 Å². The highest BCUT2D eigenvalue weighted by Gasteiger charge is 2.29. The molecule has 1 aliphatic heterocycles. The van der Waals surface area contributed by atoms with Crippen molar-refractivity contribution >= 4 is 17.4 Å². The Morgan fingerprint density at radius 1 is 1.33 bits per heavy atom. The van der Waals surface area contributed by atoms with Gasteiger partial charge in [0.2, 0.25) is 5.91 Å². The maximum Gasteiger partial charge on any atom is 0.244 e. The molecule has 1 aromatic carbocycles. The lowest BCUT2D eigenvalue weighted by atomic mass is 10.1. The van der Waals surface area contributed by atoms with Crippen molar-refractivity contribution in [1.82, 2.24) is 0 Å². The Labute approximate surface area is 87.7 Å². The van der Waals surface area contributed by atoms with Gasteiger partial charge in [-0.05, 0) is 12.1 Å². The van der Waals surface area contributed by atoms with Gasteiger partial charge in [-0.15, -0.1) is 0 Å². The van der Waals surface area contributed by atoms with E-state index < -0.39 is 6.04 Å². The van der Waals surface area contributed by atoms with Crippen LogP contribution in [-0.2, 0) is 4.79 Å². The molecule has 0 spiro atoms. The van der Waals surface area contributed by atoms with Crippen LogP contribution in [0.2, 0.25) is 0 Å². The van der Waals surface area contributed by atoms with E-state index in [0.717, 1.165) is 0 Å². The van der Waals surface area contributed by atoms with Gasteiger partial charge in [0.05, 0.1) is 11.7 Å². The summed E-state index contributed by atoms with van der Waals surface area (Å²) in [6.45, 7) is 0. The van der Waals surface area contributed by atoms with Crippen LogP contribution in [0, 0.1) is 0 Å². The van der Waals surface area contributed by atoms with Crippen LogP contribution in [0.5, 0.6) is 0 Å². The number of para-hydroxylation sites is 1. The third kappa shape index (κ3) is 1.53. The number of rotatable bonds is 0. The van der Waals surface area contributed by atoms with E-state index in [0.29, 0.717) is 11.3 Å². The van der Waals surface area contributed by atoms with Gasteiger partial charge >= 0.3 is 0 Å². The molecular weight excluding hydrogens is 192 g/mol. The molecule has 1 amide bonds. The van der Waals surface area contributed by atoms with E-state index in [4.69, 9.17) is 5.73 Å². The van der Waals surface area contributed by atoms with Crippen LogP contribution in [0.15, 0.2) is 24.3 Å². The number of hydrogen-bond donors (Lipinski definition) is 1. The highest BCUT2D eigenvalue weighted by molar-refractivity contribution is 6.11. The summed E-state index contributed by atoms with van der Waals surface area (Å²) >= 11 is 0. The summed E-state index contributed by atoms with van der Waals surface area (Å²) in [4.78, 5) is 24.9. The molecule has 0 saturated carbocycles. The van der Waals surface area contributed by atoms with Gasteiger partial charge in [-0.3, -0.25) is 9.59 Å². The number of carbonyl (C=O) groups is 2. The van der Waals surface area contributed by atoms with Crippen LogP contribution in [0.25, 0.3) is 0 Å². The number of anilines is 1. The third-order valence-electron chi connectivity index (χ3n) is 2.62. The van der Waals surface area contributed by atoms with E-state index in [1.54, 1.807) is 31.3 Å². The van der Waals surface area contributed by atoms with Gasteiger partial charge in [0, 0.05) is 19.0 Å². The Bertz CT molecular complexity index is 428. The number of benzene rings is 1. The number of hydrogen-bond acceptors (Lipinski definition) is 3. The molecule has 0 bridgehead atoms. The molecule has 4 heteroatoms. The van der Waals surface area contributed by atoms with Crippen LogP contribution in [-0.4, -0.2) is 24.8 Å². The molecule has 1 aromatic rings. The molecule has 0 aromatic heterocycles. The van der Waals surface area contributed by atoms with E-state index in [1.807, 2.05) is 0 Å². The van der Waals surface area contributed by atoms with Crippen LogP contribution in [0.4, 0.5) is 5.69 Å². The van der Waals surface area contributed by atoms with E-state index in [-0.39, 0.29) is 18.1 Å². The van der Waals surface area contributed by atoms with Crippen molar-refractivity contribution in [2.45, 2.75) is 12.5 Å². The normalized spacial score (nSPS) is 21.2. The smallest absolute Gasteiger partial charge is 0.244 e. The van der Waals surface area contributed by atoms with Crippen molar-refractivity contribution in [2.75, 3.05) is 11.9 Å². The highest BCUT2D eigenvalue weighted by Crippen LogP contribution is 2.24. The molecule has 2 rings (SSSR count). The lowest BCUT2D eigenvalue weighted by Gasteiger charge is -2.18.